The predicted molar refractivity (Wildman–Crippen MR) is 71.1 cm³/mol. The van der Waals surface area contributed by atoms with Crippen molar-refractivity contribution >= 4 is 6.09 Å². The highest BCUT2D eigenvalue weighted by Crippen LogP contribution is 2.06. The fourth-order valence-corrected chi connectivity index (χ4v) is 1.16. The Morgan fingerprint density at radius 3 is 2.12 bits per heavy atom. The highest BCUT2D eigenvalue weighted by atomic mass is 16.6. The zero-order valence-electron chi connectivity index (χ0n) is 12.3. The summed E-state index contributed by atoms with van der Waals surface area (Å²) in [4.78, 5) is 11.5. The quantitative estimate of drug-likeness (QED) is 0.781. The van der Waals surface area contributed by atoms with Gasteiger partial charge in [-0.25, -0.2) is 4.79 Å². The van der Waals surface area contributed by atoms with Crippen molar-refractivity contribution < 1.29 is 9.53 Å². The third-order valence-electron chi connectivity index (χ3n) is 2.51. The van der Waals surface area contributed by atoms with E-state index in [9.17, 15) is 4.79 Å². The van der Waals surface area contributed by atoms with Gasteiger partial charge >= 0.3 is 6.09 Å². The lowest BCUT2D eigenvalue weighted by atomic mass is 10.1. The summed E-state index contributed by atoms with van der Waals surface area (Å²) in [5.74, 6) is 0.587. The minimum absolute atomic E-state index is 0.0612. The van der Waals surface area contributed by atoms with Crippen LogP contribution in [0.4, 0.5) is 4.79 Å². The molecule has 4 heteroatoms. The molecule has 2 unspecified atom stereocenters. The van der Waals surface area contributed by atoms with Gasteiger partial charge in [-0.05, 0) is 40.5 Å². The number of alkyl carbamates (subject to hydrolysis) is 1. The number of ether oxygens (including phenoxy) is 1. The molecule has 0 aromatic rings. The minimum Gasteiger partial charge on any atom is -0.444 e. The average molecular weight is 244 g/mol. The van der Waals surface area contributed by atoms with Gasteiger partial charge in [0.05, 0.1) is 0 Å². The summed E-state index contributed by atoms with van der Waals surface area (Å²) in [7, 11) is 0. The largest absolute Gasteiger partial charge is 0.444 e. The van der Waals surface area contributed by atoms with Crippen LogP contribution in [0.25, 0.3) is 0 Å². The molecule has 0 bridgehead atoms. The monoisotopic (exact) mass is 244 g/mol. The van der Waals surface area contributed by atoms with Gasteiger partial charge in [0.1, 0.15) is 5.60 Å². The van der Waals surface area contributed by atoms with Crippen LogP contribution in [-0.4, -0.2) is 30.3 Å². The van der Waals surface area contributed by atoms with Crippen molar-refractivity contribution in [1.82, 2.24) is 10.6 Å². The van der Waals surface area contributed by atoms with E-state index in [1.807, 2.05) is 27.7 Å². The Morgan fingerprint density at radius 2 is 1.71 bits per heavy atom. The van der Waals surface area contributed by atoms with E-state index >= 15 is 0 Å². The Hall–Kier alpha value is -0.770. The van der Waals surface area contributed by atoms with Gasteiger partial charge in [0, 0.05) is 18.6 Å². The maximum Gasteiger partial charge on any atom is 0.407 e. The standard InChI is InChI=1S/C13H28N2O2/c1-9(2)11(4)14-8-10(3)15-12(16)17-13(5,6)7/h9-11,14H,8H2,1-7H3,(H,15,16). The van der Waals surface area contributed by atoms with Crippen molar-refractivity contribution in [1.29, 1.82) is 0 Å². The fourth-order valence-electron chi connectivity index (χ4n) is 1.16. The van der Waals surface area contributed by atoms with Crippen LogP contribution >= 0.6 is 0 Å². The first-order valence-electron chi connectivity index (χ1n) is 6.34. The lowest BCUT2D eigenvalue weighted by Crippen LogP contribution is -2.45. The molecule has 0 fully saturated rings. The molecule has 2 atom stereocenters. The first kappa shape index (κ1) is 16.2. The normalized spacial score (nSPS) is 15.5. The van der Waals surface area contributed by atoms with Crippen molar-refractivity contribution in [3.8, 4) is 0 Å². The molecular weight excluding hydrogens is 216 g/mol. The van der Waals surface area contributed by atoms with Gasteiger partial charge in [0.25, 0.3) is 0 Å². The molecular formula is C13H28N2O2. The van der Waals surface area contributed by atoms with Gasteiger partial charge in [-0.15, -0.1) is 0 Å². The van der Waals surface area contributed by atoms with Crippen molar-refractivity contribution in [3.63, 3.8) is 0 Å². The lowest BCUT2D eigenvalue weighted by molar-refractivity contribution is 0.0507. The second kappa shape index (κ2) is 6.84. The topological polar surface area (TPSA) is 50.4 Å². The van der Waals surface area contributed by atoms with Crippen molar-refractivity contribution in [2.45, 2.75) is 66.2 Å². The molecule has 0 aliphatic carbocycles. The van der Waals surface area contributed by atoms with Crippen molar-refractivity contribution in [3.05, 3.63) is 0 Å². The highest BCUT2D eigenvalue weighted by molar-refractivity contribution is 5.68. The number of nitrogens with one attached hydrogen (secondary N) is 2. The first-order chi connectivity index (χ1) is 7.61. The Morgan fingerprint density at radius 1 is 1.18 bits per heavy atom. The van der Waals surface area contributed by atoms with E-state index in [0.29, 0.717) is 12.0 Å². The summed E-state index contributed by atoms with van der Waals surface area (Å²) >= 11 is 0. The van der Waals surface area contributed by atoms with E-state index in [2.05, 4.69) is 31.4 Å². The number of amides is 1. The number of carbonyl (C=O) groups excluding carboxylic acids is 1. The molecule has 0 spiro atoms. The molecule has 0 aliphatic rings. The Kier molecular flexibility index (Phi) is 6.53. The number of carbonyl (C=O) groups is 1. The van der Waals surface area contributed by atoms with Crippen LogP contribution in [0.5, 0.6) is 0 Å². The van der Waals surface area contributed by atoms with E-state index in [0.717, 1.165) is 6.54 Å². The number of hydrogen-bond acceptors (Lipinski definition) is 3. The highest BCUT2D eigenvalue weighted by Gasteiger charge is 2.17. The molecule has 102 valence electrons. The smallest absolute Gasteiger partial charge is 0.407 e. The maximum atomic E-state index is 11.5. The van der Waals surface area contributed by atoms with E-state index < -0.39 is 5.60 Å². The molecule has 17 heavy (non-hydrogen) atoms. The van der Waals surface area contributed by atoms with Crippen LogP contribution in [0.1, 0.15) is 48.5 Å². The summed E-state index contributed by atoms with van der Waals surface area (Å²) in [6, 6.07) is 0.504. The molecule has 0 saturated carbocycles. The van der Waals surface area contributed by atoms with E-state index in [4.69, 9.17) is 4.74 Å². The lowest BCUT2D eigenvalue weighted by Gasteiger charge is -2.24. The zero-order valence-corrected chi connectivity index (χ0v) is 12.3. The third-order valence-corrected chi connectivity index (χ3v) is 2.51. The molecule has 0 aliphatic heterocycles. The Balaban J connectivity index is 3.86. The van der Waals surface area contributed by atoms with E-state index in [1.54, 1.807) is 0 Å². The van der Waals surface area contributed by atoms with Crippen LogP contribution in [0.15, 0.2) is 0 Å². The van der Waals surface area contributed by atoms with Crippen LogP contribution < -0.4 is 10.6 Å². The van der Waals surface area contributed by atoms with E-state index in [-0.39, 0.29) is 12.1 Å². The Labute approximate surface area is 105 Å². The summed E-state index contributed by atoms with van der Waals surface area (Å²) in [6.45, 7) is 14.8. The molecule has 2 N–H and O–H groups in total. The predicted octanol–water partition coefficient (Wildman–Crippen LogP) is 2.53. The van der Waals surface area contributed by atoms with Crippen molar-refractivity contribution in [2.24, 2.45) is 5.92 Å². The van der Waals surface area contributed by atoms with Gasteiger partial charge in [0.2, 0.25) is 0 Å². The second-order valence-electron chi connectivity index (χ2n) is 5.99. The van der Waals surface area contributed by atoms with Crippen LogP contribution in [0.3, 0.4) is 0 Å². The summed E-state index contributed by atoms with van der Waals surface area (Å²) in [5.41, 5.74) is -0.442. The van der Waals surface area contributed by atoms with Gasteiger partial charge in [-0.1, -0.05) is 13.8 Å². The molecule has 0 aromatic heterocycles. The van der Waals surface area contributed by atoms with Crippen LogP contribution in [-0.2, 0) is 4.74 Å². The average Bonchev–Trinajstić information content (AvgIpc) is 2.10. The molecule has 4 nitrogen and oxygen atoms in total. The first-order valence-corrected chi connectivity index (χ1v) is 6.34. The fraction of sp³-hybridized carbons (Fsp3) is 0.923. The second-order valence-corrected chi connectivity index (χ2v) is 5.99. The number of rotatable bonds is 5. The number of hydrogen-bond donors (Lipinski definition) is 2. The Bertz CT molecular complexity index is 234. The molecule has 0 saturated heterocycles. The van der Waals surface area contributed by atoms with Gasteiger partial charge in [-0.2, -0.15) is 0 Å². The summed E-state index contributed by atoms with van der Waals surface area (Å²) in [5, 5.41) is 6.19. The van der Waals surface area contributed by atoms with Gasteiger partial charge in [-0.3, -0.25) is 0 Å². The van der Waals surface area contributed by atoms with Crippen LogP contribution in [0.2, 0.25) is 0 Å². The minimum atomic E-state index is -0.442. The van der Waals surface area contributed by atoms with E-state index in [1.165, 1.54) is 0 Å². The van der Waals surface area contributed by atoms with Crippen molar-refractivity contribution in [2.75, 3.05) is 6.54 Å². The third kappa shape index (κ3) is 8.98. The van der Waals surface area contributed by atoms with Gasteiger partial charge < -0.3 is 15.4 Å². The maximum absolute atomic E-state index is 11.5. The molecule has 1 amide bonds. The molecule has 0 rings (SSSR count). The zero-order chi connectivity index (χ0) is 13.6. The van der Waals surface area contributed by atoms with Gasteiger partial charge in [0.15, 0.2) is 0 Å². The summed E-state index contributed by atoms with van der Waals surface area (Å²) in [6.07, 6.45) is -0.357. The van der Waals surface area contributed by atoms with Crippen LogP contribution in [0, 0.1) is 5.92 Å². The molecule has 0 radical (unpaired) electrons. The molecule has 0 aromatic carbocycles. The molecule has 0 heterocycles. The SMILES string of the molecule is CC(CNC(C)C(C)C)NC(=O)OC(C)(C)C. The summed E-state index contributed by atoms with van der Waals surface area (Å²) < 4.78 is 5.18.